The average molecular weight is 398 g/mol. The van der Waals surface area contributed by atoms with Crippen LogP contribution >= 0.6 is 11.6 Å². The van der Waals surface area contributed by atoms with Crippen LogP contribution in [-0.4, -0.2) is 41.3 Å². The van der Waals surface area contributed by atoms with E-state index in [-0.39, 0.29) is 23.1 Å². The number of halogens is 1. The number of nitrogens with zero attached hydrogens (tertiary/aromatic N) is 2. The van der Waals surface area contributed by atoms with E-state index < -0.39 is 0 Å². The van der Waals surface area contributed by atoms with Crippen molar-refractivity contribution in [2.24, 2.45) is 11.3 Å². The Balaban J connectivity index is 1.24. The lowest BCUT2D eigenvalue weighted by Crippen LogP contribution is -2.40. The third kappa shape index (κ3) is 4.04. The zero-order chi connectivity index (χ0) is 19.6. The van der Waals surface area contributed by atoms with Gasteiger partial charge in [-0.25, -0.2) is 0 Å². The summed E-state index contributed by atoms with van der Waals surface area (Å²) in [6.45, 7) is 2.03. The number of pyridine rings is 1. The number of aromatic nitrogens is 1. The lowest BCUT2D eigenvalue weighted by atomic mass is 9.90. The van der Waals surface area contributed by atoms with E-state index in [1.165, 1.54) is 0 Å². The molecule has 1 spiro atoms. The Kier molecular flexibility index (Phi) is 5.36. The van der Waals surface area contributed by atoms with E-state index in [0.29, 0.717) is 30.2 Å². The quantitative estimate of drug-likeness (QED) is 0.841. The Morgan fingerprint density at radius 3 is 2.57 bits per heavy atom. The Hall–Kier alpha value is -2.40. The summed E-state index contributed by atoms with van der Waals surface area (Å²) in [6.07, 6.45) is 5.24. The summed E-state index contributed by atoms with van der Waals surface area (Å²) in [4.78, 5) is 31.3. The molecule has 1 atom stereocenters. The smallest absolute Gasteiger partial charge is 0.253 e. The number of likely N-dealkylation sites (tertiary alicyclic amines) is 1. The summed E-state index contributed by atoms with van der Waals surface area (Å²) in [5.74, 6) is 0.279. The van der Waals surface area contributed by atoms with Crippen molar-refractivity contribution in [2.75, 3.05) is 19.6 Å². The highest BCUT2D eigenvalue weighted by Gasteiger charge is 2.58. The Morgan fingerprint density at radius 1 is 1.14 bits per heavy atom. The Morgan fingerprint density at radius 2 is 1.89 bits per heavy atom. The van der Waals surface area contributed by atoms with Gasteiger partial charge in [-0.3, -0.25) is 14.6 Å². The van der Waals surface area contributed by atoms with Crippen LogP contribution in [0.3, 0.4) is 0 Å². The van der Waals surface area contributed by atoms with Crippen molar-refractivity contribution in [3.8, 4) is 0 Å². The van der Waals surface area contributed by atoms with Crippen LogP contribution in [0.25, 0.3) is 0 Å². The van der Waals surface area contributed by atoms with Gasteiger partial charge in [-0.05, 0) is 61.1 Å². The maximum Gasteiger partial charge on any atom is 0.253 e. The molecule has 1 aliphatic heterocycles. The van der Waals surface area contributed by atoms with E-state index >= 15 is 0 Å². The van der Waals surface area contributed by atoms with Crippen LogP contribution in [0.5, 0.6) is 0 Å². The first-order valence-electron chi connectivity index (χ1n) is 9.80. The Labute approximate surface area is 170 Å². The van der Waals surface area contributed by atoms with Crippen LogP contribution in [0, 0.1) is 11.3 Å². The topological polar surface area (TPSA) is 62.3 Å². The maximum absolute atomic E-state index is 12.6. The van der Waals surface area contributed by atoms with Crippen molar-refractivity contribution in [2.45, 2.75) is 25.7 Å². The fraction of sp³-hybridized carbons (Fsp3) is 0.409. The molecule has 2 aliphatic rings. The molecule has 28 heavy (non-hydrogen) atoms. The number of rotatable bonds is 5. The maximum atomic E-state index is 12.6. The normalized spacial score (nSPS) is 20.0. The molecule has 6 heteroatoms. The molecule has 2 fully saturated rings. The van der Waals surface area contributed by atoms with Gasteiger partial charge >= 0.3 is 0 Å². The molecule has 0 radical (unpaired) electrons. The fourth-order valence-electron chi connectivity index (χ4n) is 4.18. The second-order valence-electron chi connectivity index (χ2n) is 7.78. The minimum Gasteiger partial charge on any atom is -0.355 e. The molecule has 2 heterocycles. The molecule has 1 saturated carbocycles. The van der Waals surface area contributed by atoms with Crippen LogP contribution < -0.4 is 5.32 Å². The summed E-state index contributed by atoms with van der Waals surface area (Å²) in [7, 11) is 0. The van der Waals surface area contributed by atoms with Crippen molar-refractivity contribution >= 4 is 23.4 Å². The molecule has 1 aromatic heterocycles. The van der Waals surface area contributed by atoms with Gasteiger partial charge in [-0.15, -0.1) is 0 Å². The van der Waals surface area contributed by atoms with Gasteiger partial charge in [0, 0.05) is 54.4 Å². The number of carbonyl (C=O) groups is 2. The van der Waals surface area contributed by atoms with Crippen LogP contribution in [0.2, 0.25) is 5.02 Å². The number of hydrogen-bond acceptors (Lipinski definition) is 3. The van der Waals surface area contributed by atoms with Crippen molar-refractivity contribution in [3.05, 3.63) is 64.9 Å². The first-order chi connectivity index (χ1) is 13.6. The molecule has 1 N–H and O–H groups in total. The molecule has 2 amide bonds. The number of hydrogen-bond donors (Lipinski definition) is 1. The van der Waals surface area contributed by atoms with Gasteiger partial charge < -0.3 is 10.2 Å². The molecule has 146 valence electrons. The van der Waals surface area contributed by atoms with Crippen molar-refractivity contribution in [1.29, 1.82) is 0 Å². The lowest BCUT2D eigenvalue weighted by molar-refractivity contribution is -0.123. The summed E-state index contributed by atoms with van der Waals surface area (Å²) >= 11 is 5.90. The summed E-state index contributed by atoms with van der Waals surface area (Å²) < 4.78 is 0. The summed E-state index contributed by atoms with van der Waals surface area (Å²) in [5, 5.41) is 3.69. The molecule has 1 saturated heterocycles. The van der Waals surface area contributed by atoms with Crippen LogP contribution in [-0.2, 0) is 11.2 Å². The third-order valence-electron chi connectivity index (χ3n) is 6.05. The van der Waals surface area contributed by atoms with E-state index in [9.17, 15) is 9.59 Å². The second-order valence-corrected chi connectivity index (χ2v) is 8.22. The molecule has 4 rings (SSSR count). The number of nitrogens with one attached hydrogen (secondary N) is 1. The monoisotopic (exact) mass is 397 g/mol. The summed E-state index contributed by atoms with van der Waals surface area (Å²) in [5.41, 5.74) is 1.74. The molecule has 1 aliphatic carbocycles. The molecule has 0 bridgehead atoms. The van der Waals surface area contributed by atoms with Gasteiger partial charge in [0.2, 0.25) is 5.91 Å². The second kappa shape index (κ2) is 7.92. The molecule has 5 nitrogen and oxygen atoms in total. The van der Waals surface area contributed by atoms with Gasteiger partial charge in [0.05, 0.1) is 0 Å². The van der Waals surface area contributed by atoms with Gasteiger partial charge in [-0.2, -0.15) is 0 Å². The van der Waals surface area contributed by atoms with E-state index in [1.807, 2.05) is 23.1 Å². The van der Waals surface area contributed by atoms with Crippen LogP contribution in [0.4, 0.5) is 0 Å². The first-order valence-corrected chi connectivity index (χ1v) is 10.2. The molecule has 2 aromatic rings. The van der Waals surface area contributed by atoms with Gasteiger partial charge in [0.25, 0.3) is 5.91 Å². The minimum absolute atomic E-state index is 0.0449. The predicted molar refractivity (Wildman–Crippen MR) is 108 cm³/mol. The van der Waals surface area contributed by atoms with Crippen LogP contribution in [0.15, 0.2) is 48.7 Å². The largest absolute Gasteiger partial charge is 0.355 e. The highest BCUT2D eigenvalue weighted by molar-refractivity contribution is 6.30. The lowest BCUT2D eigenvalue weighted by Gasteiger charge is -2.33. The highest BCUT2D eigenvalue weighted by Crippen LogP contribution is 2.59. The average Bonchev–Trinajstić information content (AvgIpc) is 3.43. The molecular formula is C22H24ClN3O2. The minimum atomic E-state index is 0.0449. The number of piperidine rings is 1. The first kappa shape index (κ1) is 18.9. The van der Waals surface area contributed by atoms with Crippen LogP contribution in [0.1, 0.15) is 35.3 Å². The standard InChI is InChI=1S/C22H24ClN3O2/c23-17-6-4-16(5-7-17)21(28)26-13-9-22(10-14-26)15-19(22)20(27)25-12-8-18-3-1-2-11-24-18/h1-7,11,19H,8-10,12-15H2,(H,25,27)/t19-/m0/s1. The van der Waals surface area contributed by atoms with Crippen molar-refractivity contribution < 1.29 is 9.59 Å². The van der Waals surface area contributed by atoms with Crippen molar-refractivity contribution in [3.63, 3.8) is 0 Å². The Bertz CT molecular complexity index is 846. The SMILES string of the molecule is O=C(NCCc1ccccn1)[C@@H]1CC12CCN(C(=O)c1ccc(Cl)cc1)CC2. The highest BCUT2D eigenvalue weighted by atomic mass is 35.5. The number of carbonyl (C=O) groups excluding carboxylic acids is 2. The van der Waals surface area contributed by atoms with Gasteiger partial charge in [0.1, 0.15) is 0 Å². The predicted octanol–water partition coefficient (Wildman–Crippen LogP) is 3.34. The summed E-state index contributed by atoms with van der Waals surface area (Å²) in [6, 6.07) is 12.8. The van der Waals surface area contributed by atoms with Gasteiger partial charge in [0.15, 0.2) is 0 Å². The van der Waals surface area contributed by atoms with E-state index in [1.54, 1.807) is 30.5 Å². The zero-order valence-electron chi connectivity index (χ0n) is 15.7. The van der Waals surface area contributed by atoms with Crippen molar-refractivity contribution in [1.82, 2.24) is 15.2 Å². The molecule has 1 aromatic carbocycles. The van der Waals surface area contributed by atoms with Gasteiger partial charge in [-0.1, -0.05) is 17.7 Å². The third-order valence-corrected chi connectivity index (χ3v) is 6.30. The van der Waals surface area contributed by atoms with E-state index in [4.69, 9.17) is 11.6 Å². The van der Waals surface area contributed by atoms with E-state index in [2.05, 4.69) is 10.3 Å². The fourth-order valence-corrected chi connectivity index (χ4v) is 4.31. The van der Waals surface area contributed by atoms with E-state index in [0.717, 1.165) is 31.4 Å². The molecule has 0 unspecified atom stereocenters. The number of amides is 2. The molecular weight excluding hydrogens is 374 g/mol. The zero-order valence-corrected chi connectivity index (χ0v) is 16.5. The number of benzene rings is 1.